The van der Waals surface area contributed by atoms with Crippen LogP contribution in [-0.4, -0.2) is 33.1 Å². The number of fused-ring (bicyclic) bond motifs is 1. The van der Waals surface area contributed by atoms with E-state index < -0.39 is 4.92 Å². The number of thiophene rings is 1. The minimum absolute atomic E-state index is 0.0674. The zero-order valence-corrected chi connectivity index (χ0v) is 22.8. The third-order valence-electron chi connectivity index (χ3n) is 6.90. The number of hydrogen-bond donors (Lipinski definition) is 2. The number of nitro groups is 1. The van der Waals surface area contributed by atoms with Gasteiger partial charge >= 0.3 is 0 Å². The summed E-state index contributed by atoms with van der Waals surface area (Å²) in [4.78, 5) is 50.1. The normalized spacial score (nSPS) is 15.9. The Bertz CT molecular complexity index is 1460. The second-order valence-electron chi connectivity index (χ2n) is 9.73. The van der Waals surface area contributed by atoms with Crippen LogP contribution in [0.2, 0.25) is 0 Å². The van der Waals surface area contributed by atoms with E-state index in [1.54, 1.807) is 19.2 Å². The molecule has 0 radical (unpaired) electrons. The number of aryl methyl sites for hydroxylation is 2. The number of nitrogens with one attached hydrogen (secondary N) is 2. The first-order valence-corrected chi connectivity index (χ1v) is 14.5. The molecule has 0 aliphatic heterocycles. The van der Waals surface area contributed by atoms with E-state index in [0.29, 0.717) is 31.9 Å². The highest BCUT2D eigenvalue weighted by Gasteiger charge is 2.27. The highest BCUT2D eigenvalue weighted by Crippen LogP contribution is 2.40. The Morgan fingerprint density at radius 1 is 1.21 bits per heavy atom. The second-order valence-corrected chi connectivity index (χ2v) is 11.8. The van der Waals surface area contributed by atoms with Crippen LogP contribution >= 0.6 is 23.1 Å². The minimum atomic E-state index is -0.453. The van der Waals surface area contributed by atoms with Crippen molar-refractivity contribution in [3.8, 4) is 0 Å². The van der Waals surface area contributed by atoms with Gasteiger partial charge in [-0.3, -0.25) is 19.7 Å². The topological polar surface area (TPSA) is 130 Å². The molecule has 0 spiro atoms. The van der Waals surface area contributed by atoms with E-state index >= 15 is 0 Å². The number of H-pyrrole nitrogens is 1. The van der Waals surface area contributed by atoms with Crippen LogP contribution in [0, 0.1) is 17.0 Å². The quantitative estimate of drug-likeness (QED) is 0.163. The number of amides is 1. The third-order valence-corrected chi connectivity index (χ3v) is 9.08. The van der Waals surface area contributed by atoms with Gasteiger partial charge in [-0.25, -0.2) is 9.98 Å². The van der Waals surface area contributed by atoms with E-state index in [1.165, 1.54) is 52.6 Å². The van der Waals surface area contributed by atoms with Crippen molar-refractivity contribution in [1.82, 2.24) is 15.3 Å². The first kappa shape index (κ1) is 26.3. The zero-order valence-electron chi connectivity index (χ0n) is 21.1. The molecule has 0 atom stereocenters. The van der Waals surface area contributed by atoms with Gasteiger partial charge in [0, 0.05) is 51.5 Å². The molecule has 5 rings (SSSR count). The predicted octanol–water partition coefficient (Wildman–Crippen LogP) is 5.89. The lowest BCUT2D eigenvalue weighted by atomic mass is 9.93. The lowest BCUT2D eigenvalue weighted by molar-refractivity contribution is -0.384. The van der Waals surface area contributed by atoms with Crippen LogP contribution in [0.25, 0.3) is 0 Å². The summed E-state index contributed by atoms with van der Waals surface area (Å²) in [6, 6.07) is 6.09. The van der Waals surface area contributed by atoms with Gasteiger partial charge in [-0.05, 0) is 57.1 Å². The minimum Gasteiger partial charge on any atom is -0.349 e. The fourth-order valence-corrected chi connectivity index (χ4v) is 7.20. The Balaban J connectivity index is 1.50. The van der Waals surface area contributed by atoms with Gasteiger partial charge in [0.15, 0.2) is 5.16 Å². The number of non-ortho nitro benzene ring substituents is 1. The number of aromatic nitrogens is 2. The monoisotopic (exact) mass is 551 g/mol. The van der Waals surface area contributed by atoms with Gasteiger partial charge in [0.2, 0.25) is 0 Å². The van der Waals surface area contributed by atoms with Crippen molar-refractivity contribution in [3.05, 3.63) is 72.0 Å². The van der Waals surface area contributed by atoms with E-state index in [4.69, 9.17) is 4.99 Å². The lowest BCUT2D eigenvalue weighted by Crippen LogP contribution is -2.36. The highest BCUT2D eigenvalue weighted by molar-refractivity contribution is 7.99. The van der Waals surface area contributed by atoms with Crippen molar-refractivity contribution in [2.24, 2.45) is 4.99 Å². The molecule has 3 aromatic rings. The second kappa shape index (κ2) is 11.6. The molecule has 9 nitrogen and oxygen atoms in total. The van der Waals surface area contributed by atoms with E-state index in [2.05, 4.69) is 15.3 Å². The smallest absolute Gasteiger partial charge is 0.270 e. The van der Waals surface area contributed by atoms with Crippen molar-refractivity contribution >= 4 is 45.9 Å². The van der Waals surface area contributed by atoms with E-state index in [1.807, 2.05) is 0 Å². The molecule has 11 heteroatoms. The van der Waals surface area contributed by atoms with Crippen LogP contribution < -0.4 is 10.9 Å². The number of carbonyl (C=O) groups excluding carboxylic acids is 1. The fourth-order valence-electron chi connectivity index (χ4n) is 5.06. The van der Waals surface area contributed by atoms with E-state index in [-0.39, 0.29) is 23.2 Å². The van der Waals surface area contributed by atoms with E-state index in [0.717, 1.165) is 56.9 Å². The Morgan fingerprint density at radius 3 is 2.76 bits per heavy atom. The summed E-state index contributed by atoms with van der Waals surface area (Å²) in [6.45, 7) is 1.73. The maximum Gasteiger partial charge on any atom is 0.270 e. The van der Waals surface area contributed by atoms with Gasteiger partial charge in [-0.15, -0.1) is 11.3 Å². The zero-order chi connectivity index (χ0) is 26.6. The Hall–Kier alpha value is -3.31. The number of rotatable bonds is 7. The largest absolute Gasteiger partial charge is 0.349 e. The molecular formula is C27H29N5O4S2. The lowest BCUT2D eigenvalue weighted by Gasteiger charge is -2.23. The predicted molar refractivity (Wildman–Crippen MR) is 149 cm³/mol. The van der Waals surface area contributed by atoms with Gasteiger partial charge in [0.1, 0.15) is 5.00 Å². The summed E-state index contributed by atoms with van der Waals surface area (Å²) in [5.74, 6) is -0.0707. The summed E-state index contributed by atoms with van der Waals surface area (Å²) >= 11 is 2.74. The average molecular weight is 552 g/mol. The molecule has 0 bridgehead atoms. The maximum absolute atomic E-state index is 13.5. The Kier molecular flexibility index (Phi) is 8.04. The van der Waals surface area contributed by atoms with Crippen molar-refractivity contribution in [1.29, 1.82) is 0 Å². The molecular weight excluding hydrogens is 522 g/mol. The van der Waals surface area contributed by atoms with Crippen LogP contribution in [0.3, 0.4) is 0 Å². The molecule has 198 valence electrons. The molecule has 38 heavy (non-hydrogen) atoms. The summed E-state index contributed by atoms with van der Waals surface area (Å²) in [6.07, 6.45) is 11.0. The van der Waals surface area contributed by atoms with Gasteiger partial charge in [0.25, 0.3) is 17.2 Å². The number of nitrogens with zero attached hydrogens (tertiary/aromatic N) is 3. The number of benzene rings is 1. The van der Waals surface area contributed by atoms with Crippen LogP contribution in [0.1, 0.15) is 77.0 Å². The Labute approximate surface area is 228 Å². The van der Waals surface area contributed by atoms with Crippen molar-refractivity contribution in [2.45, 2.75) is 80.8 Å². The number of nitro benzene ring substituents is 1. The SMILES string of the molecule is Cc1cc(=O)[nH]c(Sc2ccc([N+](=O)[O-])cc2C=Nc2sc3c(c2C(=O)NC2CCCCC2)CCCC3)n1. The average Bonchev–Trinajstić information content (AvgIpc) is 3.26. The van der Waals surface area contributed by atoms with Crippen LogP contribution in [0.5, 0.6) is 0 Å². The van der Waals surface area contributed by atoms with E-state index in [9.17, 15) is 19.7 Å². The standard InChI is InChI=1S/C27H29N5O4S2/c1-16-13-23(33)31-27(29-16)38-21-12-11-19(32(35)36)14-17(21)15-28-26-24(20-9-5-6-10-22(20)37-26)25(34)30-18-7-3-2-4-8-18/h11-15,18H,2-10H2,1H3,(H,30,34)(H,29,31,33). The molecule has 1 saturated carbocycles. The molecule has 2 aliphatic carbocycles. The molecule has 0 unspecified atom stereocenters. The van der Waals surface area contributed by atoms with Gasteiger partial charge in [-0.2, -0.15) is 0 Å². The number of aliphatic imine (C=N–C) groups is 1. The van der Waals surface area contributed by atoms with Gasteiger partial charge in [0.05, 0.1) is 10.5 Å². The summed E-state index contributed by atoms with van der Waals surface area (Å²) in [5, 5.41) is 15.8. The number of carbonyl (C=O) groups is 1. The summed E-state index contributed by atoms with van der Waals surface area (Å²) < 4.78 is 0. The van der Waals surface area contributed by atoms with Crippen LogP contribution in [-0.2, 0) is 12.8 Å². The molecule has 0 saturated heterocycles. The molecule has 2 aliphatic rings. The first-order chi connectivity index (χ1) is 18.4. The Morgan fingerprint density at radius 2 is 2.00 bits per heavy atom. The third kappa shape index (κ3) is 6.05. The first-order valence-electron chi connectivity index (χ1n) is 12.9. The number of hydrogen-bond acceptors (Lipinski definition) is 8. The van der Waals surface area contributed by atoms with Crippen molar-refractivity contribution in [2.75, 3.05) is 0 Å². The molecule has 1 aromatic carbocycles. The van der Waals surface area contributed by atoms with Crippen molar-refractivity contribution < 1.29 is 9.72 Å². The van der Waals surface area contributed by atoms with Crippen LogP contribution in [0.4, 0.5) is 10.7 Å². The molecule has 1 amide bonds. The molecule has 2 heterocycles. The summed E-state index contributed by atoms with van der Waals surface area (Å²) in [7, 11) is 0. The fraction of sp³-hybridized carbons (Fsp3) is 0.407. The van der Waals surface area contributed by atoms with Gasteiger partial charge in [-0.1, -0.05) is 31.0 Å². The highest BCUT2D eigenvalue weighted by atomic mass is 32.2. The van der Waals surface area contributed by atoms with Gasteiger partial charge < -0.3 is 10.3 Å². The van der Waals surface area contributed by atoms with Crippen molar-refractivity contribution in [3.63, 3.8) is 0 Å². The molecule has 1 fully saturated rings. The van der Waals surface area contributed by atoms with Crippen LogP contribution in [0.15, 0.2) is 44.1 Å². The maximum atomic E-state index is 13.5. The molecule has 2 aromatic heterocycles. The number of aromatic amines is 1. The summed E-state index contributed by atoms with van der Waals surface area (Å²) in [5.41, 5.74) is 2.49. The molecule has 2 N–H and O–H groups in total.